The molecule has 2 amide bonds. The lowest BCUT2D eigenvalue weighted by Gasteiger charge is -2.24. The topological polar surface area (TPSA) is 81.5 Å². The monoisotopic (exact) mass is 377 g/mol. The number of ether oxygens (including phenoxy) is 1. The van der Waals surface area contributed by atoms with E-state index in [0.717, 1.165) is 25.1 Å². The number of hydrogen-bond donors (Lipinski definition) is 1. The Kier molecular flexibility index (Phi) is 5.29. The Bertz CT molecular complexity index is 869. The number of carbonyl (C=O) groups excluding carboxylic acids is 1. The van der Waals surface area contributed by atoms with Gasteiger partial charge in [-0.05, 0) is 30.2 Å². The highest BCUT2D eigenvalue weighted by atomic mass is 16.5. The van der Waals surface area contributed by atoms with Crippen LogP contribution in [0.4, 0.5) is 10.6 Å². The number of pyridine rings is 1. The molecule has 1 N–H and O–H groups in total. The largest absolute Gasteiger partial charge is 0.488 e. The van der Waals surface area contributed by atoms with Crippen LogP contribution in [0, 0.1) is 11.3 Å². The minimum atomic E-state index is -0.0667. The van der Waals surface area contributed by atoms with Crippen molar-refractivity contribution >= 4 is 11.8 Å². The van der Waals surface area contributed by atoms with E-state index in [2.05, 4.69) is 27.3 Å². The summed E-state index contributed by atoms with van der Waals surface area (Å²) in [5, 5.41) is 12.3. The Balaban J connectivity index is 1.30. The summed E-state index contributed by atoms with van der Waals surface area (Å²) in [4.78, 5) is 20.9. The van der Waals surface area contributed by atoms with E-state index in [-0.39, 0.29) is 12.1 Å². The van der Waals surface area contributed by atoms with Crippen LogP contribution in [0.15, 0.2) is 42.6 Å². The fourth-order valence-electron chi connectivity index (χ4n) is 3.75. The number of rotatable bonds is 3. The number of hydrogen-bond acceptors (Lipinski definition) is 5. The SMILES string of the molecule is N#Cc1cccnc1N1CCCN(C(=O)NCC2Cc3ccccc3O2)CC1. The molecule has 1 saturated heterocycles. The Hall–Kier alpha value is -3.27. The van der Waals surface area contributed by atoms with Gasteiger partial charge in [-0.25, -0.2) is 9.78 Å². The number of para-hydroxylation sites is 1. The Morgan fingerprint density at radius 2 is 2.11 bits per heavy atom. The minimum absolute atomic E-state index is 0.0171. The van der Waals surface area contributed by atoms with Gasteiger partial charge >= 0.3 is 6.03 Å². The van der Waals surface area contributed by atoms with Crippen molar-refractivity contribution in [2.75, 3.05) is 37.6 Å². The maximum absolute atomic E-state index is 12.6. The zero-order chi connectivity index (χ0) is 19.3. The summed E-state index contributed by atoms with van der Waals surface area (Å²) in [5.74, 6) is 1.61. The first kappa shape index (κ1) is 18.1. The Morgan fingerprint density at radius 1 is 1.21 bits per heavy atom. The minimum Gasteiger partial charge on any atom is -0.488 e. The third-order valence-corrected chi connectivity index (χ3v) is 5.18. The molecule has 0 bridgehead atoms. The molecule has 0 radical (unpaired) electrons. The number of amides is 2. The highest BCUT2D eigenvalue weighted by Gasteiger charge is 2.25. The van der Waals surface area contributed by atoms with Crippen LogP contribution in [-0.4, -0.2) is 54.7 Å². The van der Waals surface area contributed by atoms with Crippen molar-refractivity contribution in [2.24, 2.45) is 0 Å². The lowest BCUT2D eigenvalue weighted by atomic mass is 10.1. The first-order valence-corrected chi connectivity index (χ1v) is 9.62. The van der Waals surface area contributed by atoms with E-state index in [0.29, 0.717) is 37.6 Å². The van der Waals surface area contributed by atoms with Gasteiger partial charge in [0, 0.05) is 38.8 Å². The van der Waals surface area contributed by atoms with E-state index >= 15 is 0 Å². The average Bonchev–Trinajstić information content (AvgIpc) is 2.99. The zero-order valence-electron chi connectivity index (χ0n) is 15.7. The second kappa shape index (κ2) is 8.17. The summed E-state index contributed by atoms with van der Waals surface area (Å²) >= 11 is 0. The highest BCUT2D eigenvalue weighted by molar-refractivity contribution is 5.74. The number of nitriles is 1. The predicted molar refractivity (Wildman–Crippen MR) is 105 cm³/mol. The summed E-state index contributed by atoms with van der Waals surface area (Å²) in [6, 6.07) is 13.7. The summed E-state index contributed by atoms with van der Waals surface area (Å²) < 4.78 is 5.89. The van der Waals surface area contributed by atoms with Gasteiger partial charge in [-0.2, -0.15) is 5.26 Å². The highest BCUT2D eigenvalue weighted by Crippen LogP contribution is 2.27. The molecular weight excluding hydrogens is 354 g/mol. The van der Waals surface area contributed by atoms with Crippen molar-refractivity contribution in [3.63, 3.8) is 0 Å². The van der Waals surface area contributed by atoms with Crippen molar-refractivity contribution in [1.82, 2.24) is 15.2 Å². The maximum Gasteiger partial charge on any atom is 0.317 e. The van der Waals surface area contributed by atoms with Crippen LogP contribution in [0.3, 0.4) is 0 Å². The van der Waals surface area contributed by atoms with Crippen LogP contribution in [0.2, 0.25) is 0 Å². The summed E-state index contributed by atoms with van der Waals surface area (Å²) in [6.45, 7) is 3.20. The molecule has 7 heteroatoms. The van der Waals surface area contributed by atoms with Crippen molar-refractivity contribution in [2.45, 2.75) is 18.9 Å². The van der Waals surface area contributed by atoms with E-state index in [1.54, 1.807) is 18.3 Å². The molecule has 2 aliphatic heterocycles. The van der Waals surface area contributed by atoms with Gasteiger partial charge in [0.1, 0.15) is 23.7 Å². The number of carbonyl (C=O) groups is 1. The molecule has 1 aromatic carbocycles. The Labute approximate surface area is 164 Å². The van der Waals surface area contributed by atoms with Gasteiger partial charge in [-0.1, -0.05) is 18.2 Å². The van der Waals surface area contributed by atoms with E-state index in [9.17, 15) is 10.1 Å². The molecule has 144 valence electrons. The maximum atomic E-state index is 12.6. The lowest BCUT2D eigenvalue weighted by Crippen LogP contribution is -2.45. The molecule has 3 heterocycles. The van der Waals surface area contributed by atoms with Gasteiger partial charge < -0.3 is 19.9 Å². The predicted octanol–water partition coefficient (Wildman–Crippen LogP) is 2.18. The van der Waals surface area contributed by atoms with E-state index in [1.165, 1.54) is 5.56 Å². The molecule has 0 aliphatic carbocycles. The van der Waals surface area contributed by atoms with Gasteiger partial charge in [-0.3, -0.25) is 0 Å². The van der Waals surface area contributed by atoms with Gasteiger partial charge in [0.15, 0.2) is 0 Å². The van der Waals surface area contributed by atoms with Crippen LogP contribution in [0.5, 0.6) is 5.75 Å². The quantitative estimate of drug-likeness (QED) is 0.887. The van der Waals surface area contributed by atoms with Gasteiger partial charge in [-0.15, -0.1) is 0 Å². The number of benzene rings is 1. The molecule has 28 heavy (non-hydrogen) atoms. The third kappa shape index (κ3) is 3.86. The Morgan fingerprint density at radius 3 is 2.96 bits per heavy atom. The molecule has 2 aromatic rings. The summed E-state index contributed by atoms with van der Waals surface area (Å²) in [6.07, 6.45) is 3.34. The van der Waals surface area contributed by atoms with Gasteiger partial charge in [0.05, 0.1) is 12.1 Å². The van der Waals surface area contributed by atoms with Crippen LogP contribution in [0.1, 0.15) is 17.5 Å². The van der Waals surface area contributed by atoms with E-state index in [1.807, 2.05) is 23.1 Å². The number of fused-ring (bicyclic) bond motifs is 1. The molecule has 4 rings (SSSR count). The van der Waals surface area contributed by atoms with Crippen molar-refractivity contribution in [1.29, 1.82) is 5.26 Å². The fourth-order valence-corrected chi connectivity index (χ4v) is 3.75. The smallest absolute Gasteiger partial charge is 0.317 e. The molecule has 1 atom stereocenters. The standard InChI is InChI=1S/C21H23N5O2/c22-14-17-6-3-8-23-20(17)25-9-4-10-26(12-11-25)21(27)24-15-18-13-16-5-1-2-7-19(16)28-18/h1-3,5-8,18H,4,9-13,15H2,(H,24,27). The molecule has 1 fully saturated rings. The molecule has 1 unspecified atom stereocenters. The normalized spacial score (nSPS) is 18.6. The second-order valence-corrected chi connectivity index (χ2v) is 7.05. The fraction of sp³-hybridized carbons (Fsp3) is 0.381. The van der Waals surface area contributed by atoms with Crippen LogP contribution >= 0.6 is 0 Å². The molecule has 2 aliphatic rings. The summed E-state index contributed by atoms with van der Waals surface area (Å²) in [5.41, 5.74) is 1.76. The number of nitrogens with one attached hydrogen (secondary N) is 1. The zero-order valence-corrected chi connectivity index (χ0v) is 15.7. The molecular formula is C21H23N5O2. The third-order valence-electron chi connectivity index (χ3n) is 5.18. The van der Waals surface area contributed by atoms with Gasteiger partial charge in [0.25, 0.3) is 0 Å². The van der Waals surface area contributed by atoms with Crippen molar-refractivity contribution < 1.29 is 9.53 Å². The number of aromatic nitrogens is 1. The number of nitrogens with zero attached hydrogens (tertiary/aromatic N) is 4. The van der Waals surface area contributed by atoms with E-state index in [4.69, 9.17) is 4.74 Å². The van der Waals surface area contributed by atoms with Gasteiger partial charge in [0.2, 0.25) is 0 Å². The van der Waals surface area contributed by atoms with E-state index < -0.39 is 0 Å². The van der Waals surface area contributed by atoms with Crippen molar-refractivity contribution in [3.8, 4) is 11.8 Å². The van der Waals surface area contributed by atoms with Crippen LogP contribution < -0.4 is 15.0 Å². The average molecular weight is 377 g/mol. The number of anilines is 1. The lowest BCUT2D eigenvalue weighted by molar-refractivity contribution is 0.187. The molecule has 0 spiro atoms. The first-order chi connectivity index (χ1) is 13.7. The van der Waals surface area contributed by atoms with Crippen molar-refractivity contribution in [3.05, 3.63) is 53.7 Å². The summed E-state index contributed by atoms with van der Waals surface area (Å²) in [7, 11) is 0. The molecule has 0 saturated carbocycles. The van der Waals surface area contributed by atoms with Crippen LogP contribution in [0.25, 0.3) is 0 Å². The molecule has 7 nitrogen and oxygen atoms in total. The first-order valence-electron chi connectivity index (χ1n) is 9.62. The number of urea groups is 1. The second-order valence-electron chi connectivity index (χ2n) is 7.05. The molecule has 1 aromatic heterocycles. The van der Waals surface area contributed by atoms with Crippen LogP contribution in [-0.2, 0) is 6.42 Å².